The molecule has 0 saturated heterocycles. The standard InChI is InChI=1S/C10H8BrNO/c1-6-3-8(5-12)10(11)9(4-6)7(2)13/h3-4H,1-2H3. The minimum atomic E-state index is -0.0351. The first-order valence-electron chi connectivity index (χ1n) is 3.77. The summed E-state index contributed by atoms with van der Waals surface area (Å²) in [7, 11) is 0. The summed E-state index contributed by atoms with van der Waals surface area (Å²) in [6.07, 6.45) is 0. The molecule has 66 valence electrons. The first-order chi connectivity index (χ1) is 6.06. The van der Waals surface area contributed by atoms with Crippen LogP contribution in [0.2, 0.25) is 0 Å². The van der Waals surface area contributed by atoms with Crippen LogP contribution in [0.15, 0.2) is 16.6 Å². The highest BCUT2D eigenvalue weighted by atomic mass is 79.9. The fourth-order valence-electron chi connectivity index (χ4n) is 1.11. The van der Waals surface area contributed by atoms with Crippen molar-refractivity contribution in [3.05, 3.63) is 33.3 Å². The van der Waals surface area contributed by atoms with E-state index in [1.165, 1.54) is 6.92 Å². The number of benzene rings is 1. The molecule has 0 amide bonds. The molecule has 0 aromatic heterocycles. The van der Waals surface area contributed by atoms with Crippen molar-refractivity contribution in [1.29, 1.82) is 5.26 Å². The maximum atomic E-state index is 11.1. The average molecular weight is 238 g/mol. The number of carbonyl (C=O) groups excluding carboxylic acids is 1. The number of hydrogen-bond donors (Lipinski definition) is 0. The van der Waals surface area contributed by atoms with E-state index in [0.717, 1.165) is 5.56 Å². The molecule has 0 heterocycles. The highest BCUT2D eigenvalue weighted by Gasteiger charge is 2.09. The summed E-state index contributed by atoms with van der Waals surface area (Å²) in [6, 6.07) is 5.55. The first-order valence-corrected chi connectivity index (χ1v) is 4.56. The number of hydrogen-bond acceptors (Lipinski definition) is 2. The van der Waals surface area contributed by atoms with Crippen LogP contribution in [0.5, 0.6) is 0 Å². The molecule has 0 unspecified atom stereocenters. The van der Waals surface area contributed by atoms with Gasteiger partial charge in [0.2, 0.25) is 0 Å². The molecule has 13 heavy (non-hydrogen) atoms. The molecule has 0 aliphatic rings. The van der Waals surface area contributed by atoms with Crippen LogP contribution in [0.1, 0.15) is 28.4 Å². The van der Waals surface area contributed by atoms with Crippen molar-refractivity contribution in [1.82, 2.24) is 0 Å². The highest BCUT2D eigenvalue weighted by Crippen LogP contribution is 2.23. The molecule has 0 spiro atoms. The molecule has 2 nitrogen and oxygen atoms in total. The van der Waals surface area contributed by atoms with Crippen LogP contribution < -0.4 is 0 Å². The van der Waals surface area contributed by atoms with Gasteiger partial charge in [0.05, 0.1) is 5.56 Å². The Hall–Kier alpha value is -1.14. The molecular formula is C10H8BrNO. The molecule has 1 aromatic carbocycles. The maximum absolute atomic E-state index is 11.1. The lowest BCUT2D eigenvalue weighted by atomic mass is 10.0. The molecule has 0 N–H and O–H groups in total. The normalized spacial score (nSPS) is 9.38. The number of aryl methyl sites for hydroxylation is 1. The summed E-state index contributed by atoms with van der Waals surface area (Å²) in [5, 5.41) is 8.76. The van der Waals surface area contributed by atoms with Crippen LogP contribution >= 0.6 is 15.9 Å². The van der Waals surface area contributed by atoms with E-state index in [-0.39, 0.29) is 5.78 Å². The quantitative estimate of drug-likeness (QED) is 0.706. The Kier molecular flexibility index (Phi) is 2.84. The lowest BCUT2D eigenvalue weighted by Gasteiger charge is -2.03. The van der Waals surface area contributed by atoms with Crippen molar-refractivity contribution >= 4 is 21.7 Å². The zero-order valence-corrected chi connectivity index (χ0v) is 8.97. The number of nitrogens with zero attached hydrogens (tertiary/aromatic N) is 1. The molecule has 3 heteroatoms. The van der Waals surface area contributed by atoms with Gasteiger partial charge in [0.25, 0.3) is 0 Å². The number of Topliss-reactive ketones (excluding diaryl/α,β-unsaturated/α-hetero) is 1. The van der Waals surface area contributed by atoms with Crippen LogP contribution in [0.4, 0.5) is 0 Å². The largest absolute Gasteiger partial charge is 0.294 e. The maximum Gasteiger partial charge on any atom is 0.160 e. The van der Waals surface area contributed by atoms with Gasteiger partial charge in [0, 0.05) is 10.0 Å². The van der Waals surface area contributed by atoms with Crippen LogP contribution in [-0.2, 0) is 0 Å². The summed E-state index contributed by atoms with van der Waals surface area (Å²) in [6.45, 7) is 3.35. The molecule has 0 saturated carbocycles. The van der Waals surface area contributed by atoms with E-state index in [2.05, 4.69) is 15.9 Å². The fraction of sp³-hybridized carbons (Fsp3) is 0.200. The molecule has 1 aromatic rings. The molecule has 0 fully saturated rings. The van der Waals surface area contributed by atoms with Gasteiger partial charge in [-0.3, -0.25) is 4.79 Å². The van der Waals surface area contributed by atoms with Crippen LogP contribution in [-0.4, -0.2) is 5.78 Å². The Morgan fingerprint density at radius 1 is 1.54 bits per heavy atom. The molecule has 0 radical (unpaired) electrons. The second-order valence-electron chi connectivity index (χ2n) is 2.84. The Labute approximate surface area is 85.3 Å². The summed E-state index contributed by atoms with van der Waals surface area (Å²) in [5.41, 5.74) is 1.99. The first kappa shape index (κ1) is 9.94. The van der Waals surface area contributed by atoms with Gasteiger partial charge in [-0.25, -0.2) is 0 Å². The van der Waals surface area contributed by atoms with Crippen LogP contribution in [0, 0.1) is 18.3 Å². The average Bonchev–Trinajstić information content (AvgIpc) is 2.08. The third kappa shape index (κ3) is 1.96. The third-order valence-electron chi connectivity index (χ3n) is 1.72. The van der Waals surface area contributed by atoms with E-state index in [4.69, 9.17) is 5.26 Å². The van der Waals surface area contributed by atoms with E-state index >= 15 is 0 Å². The summed E-state index contributed by atoms with van der Waals surface area (Å²) in [4.78, 5) is 11.1. The minimum absolute atomic E-state index is 0.0351. The molecule has 0 atom stereocenters. The number of ketones is 1. The van der Waals surface area contributed by atoms with Crippen molar-refractivity contribution in [2.75, 3.05) is 0 Å². The topological polar surface area (TPSA) is 40.9 Å². The molecule has 0 bridgehead atoms. The minimum Gasteiger partial charge on any atom is -0.294 e. The van der Waals surface area contributed by atoms with Crippen molar-refractivity contribution in [2.45, 2.75) is 13.8 Å². The molecule has 1 rings (SSSR count). The smallest absolute Gasteiger partial charge is 0.160 e. The van der Waals surface area contributed by atoms with Gasteiger partial charge < -0.3 is 0 Å². The number of carbonyl (C=O) groups is 1. The van der Waals surface area contributed by atoms with Crippen molar-refractivity contribution in [2.24, 2.45) is 0 Å². The second kappa shape index (κ2) is 3.71. The summed E-state index contributed by atoms with van der Waals surface area (Å²) < 4.78 is 0.591. The Morgan fingerprint density at radius 2 is 2.15 bits per heavy atom. The van der Waals surface area contributed by atoms with E-state index in [0.29, 0.717) is 15.6 Å². The second-order valence-corrected chi connectivity index (χ2v) is 3.64. The van der Waals surface area contributed by atoms with E-state index < -0.39 is 0 Å². The third-order valence-corrected chi connectivity index (χ3v) is 2.57. The van der Waals surface area contributed by atoms with Crippen LogP contribution in [0.3, 0.4) is 0 Å². The predicted molar refractivity (Wildman–Crippen MR) is 53.6 cm³/mol. The molecule has 0 aliphatic heterocycles. The molecular weight excluding hydrogens is 230 g/mol. The van der Waals surface area contributed by atoms with Gasteiger partial charge >= 0.3 is 0 Å². The number of rotatable bonds is 1. The van der Waals surface area contributed by atoms with Crippen molar-refractivity contribution in [3.63, 3.8) is 0 Å². The van der Waals surface area contributed by atoms with Crippen molar-refractivity contribution < 1.29 is 4.79 Å². The molecule has 0 aliphatic carbocycles. The van der Waals surface area contributed by atoms with E-state index in [9.17, 15) is 4.79 Å². The lowest BCUT2D eigenvalue weighted by Crippen LogP contribution is -1.96. The van der Waals surface area contributed by atoms with Gasteiger partial charge in [0.15, 0.2) is 5.78 Å². The van der Waals surface area contributed by atoms with Crippen LogP contribution in [0.25, 0.3) is 0 Å². The van der Waals surface area contributed by atoms with E-state index in [1.54, 1.807) is 12.1 Å². The Balaban J connectivity index is 3.47. The fourth-order valence-corrected chi connectivity index (χ4v) is 1.70. The Bertz CT molecular complexity index is 404. The van der Waals surface area contributed by atoms with Gasteiger partial charge in [0.1, 0.15) is 6.07 Å². The summed E-state index contributed by atoms with van der Waals surface area (Å²) in [5.74, 6) is -0.0351. The van der Waals surface area contributed by atoms with Gasteiger partial charge in [-0.2, -0.15) is 5.26 Å². The zero-order chi connectivity index (χ0) is 10.0. The van der Waals surface area contributed by atoms with Crippen molar-refractivity contribution in [3.8, 4) is 6.07 Å². The number of halogens is 1. The Morgan fingerprint density at radius 3 is 2.62 bits per heavy atom. The van der Waals surface area contributed by atoms with Gasteiger partial charge in [-0.05, 0) is 47.5 Å². The summed E-state index contributed by atoms with van der Waals surface area (Å²) >= 11 is 3.23. The van der Waals surface area contributed by atoms with Gasteiger partial charge in [-0.1, -0.05) is 0 Å². The predicted octanol–water partition coefficient (Wildman–Crippen LogP) is 2.83. The number of nitriles is 1. The lowest BCUT2D eigenvalue weighted by molar-refractivity contribution is 0.101. The highest BCUT2D eigenvalue weighted by molar-refractivity contribution is 9.10. The SMILES string of the molecule is CC(=O)c1cc(C)cc(C#N)c1Br. The zero-order valence-electron chi connectivity index (χ0n) is 7.39. The monoisotopic (exact) mass is 237 g/mol. The van der Waals surface area contributed by atoms with Gasteiger partial charge in [-0.15, -0.1) is 0 Å². The van der Waals surface area contributed by atoms with E-state index in [1.807, 2.05) is 13.0 Å².